The van der Waals surface area contributed by atoms with Gasteiger partial charge in [-0.05, 0) is 66.6 Å². The van der Waals surface area contributed by atoms with E-state index in [1.807, 2.05) is 0 Å². The van der Waals surface area contributed by atoms with Crippen LogP contribution in [0.15, 0.2) is 66.2 Å². The number of aromatic hydroxyl groups is 1. The number of methoxy groups -OCH3 is 1. The van der Waals surface area contributed by atoms with Crippen molar-refractivity contribution in [2.45, 2.75) is 13.0 Å². The molecule has 8 heteroatoms. The molecule has 1 fully saturated rings. The summed E-state index contributed by atoms with van der Waals surface area (Å²) in [6.07, 6.45) is 0. The highest BCUT2D eigenvalue weighted by atomic mass is 35.5. The summed E-state index contributed by atoms with van der Waals surface area (Å²) >= 11 is 12.3. The van der Waals surface area contributed by atoms with Crippen molar-refractivity contribution in [3.63, 3.8) is 0 Å². The number of nitrogens with zero attached hydrogens (tertiary/aromatic N) is 1. The fourth-order valence-corrected chi connectivity index (χ4v) is 4.29. The summed E-state index contributed by atoms with van der Waals surface area (Å²) in [5, 5.41) is 21.5. The van der Waals surface area contributed by atoms with Crippen molar-refractivity contribution in [2.24, 2.45) is 0 Å². The first-order chi connectivity index (χ1) is 15.7. The van der Waals surface area contributed by atoms with E-state index in [1.165, 1.54) is 24.1 Å². The number of hydrogen-bond acceptors (Lipinski definition) is 5. The van der Waals surface area contributed by atoms with Crippen LogP contribution in [0.4, 0.5) is 5.69 Å². The van der Waals surface area contributed by atoms with Gasteiger partial charge < -0.3 is 14.9 Å². The molecule has 1 aliphatic heterocycles. The van der Waals surface area contributed by atoms with Gasteiger partial charge in [-0.25, -0.2) is 0 Å². The van der Waals surface area contributed by atoms with Gasteiger partial charge in [0.25, 0.3) is 11.7 Å². The minimum Gasteiger partial charge on any atom is -0.507 e. The Balaban J connectivity index is 1.96. The van der Waals surface area contributed by atoms with Crippen LogP contribution in [-0.4, -0.2) is 29.0 Å². The van der Waals surface area contributed by atoms with E-state index in [4.69, 9.17) is 27.9 Å². The number of carbonyl (C=O) groups excluding carboxylic acids is 2. The molecule has 0 spiro atoms. The molecule has 1 heterocycles. The normalized spacial score (nSPS) is 17.5. The van der Waals surface area contributed by atoms with Gasteiger partial charge in [-0.3, -0.25) is 14.5 Å². The first kappa shape index (κ1) is 22.7. The van der Waals surface area contributed by atoms with Gasteiger partial charge in [0.05, 0.1) is 23.7 Å². The van der Waals surface area contributed by atoms with Gasteiger partial charge in [0.1, 0.15) is 17.3 Å². The number of ether oxygens (including phenoxy) is 1. The molecule has 3 aromatic carbocycles. The Bertz CT molecular complexity index is 1320. The number of benzene rings is 3. The van der Waals surface area contributed by atoms with Crippen LogP contribution in [0, 0.1) is 6.92 Å². The summed E-state index contributed by atoms with van der Waals surface area (Å²) in [6, 6.07) is 14.8. The van der Waals surface area contributed by atoms with Crippen molar-refractivity contribution in [2.75, 3.05) is 12.0 Å². The number of aryl methyl sites for hydroxylation is 1. The summed E-state index contributed by atoms with van der Waals surface area (Å²) in [7, 11) is 1.53. The van der Waals surface area contributed by atoms with Crippen molar-refractivity contribution in [3.8, 4) is 11.5 Å². The Labute approximate surface area is 200 Å². The molecule has 0 bridgehead atoms. The van der Waals surface area contributed by atoms with Crippen molar-refractivity contribution in [1.82, 2.24) is 0 Å². The van der Waals surface area contributed by atoms with E-state index in [9.17, 15) is 19.8 Å². The molecule has 1 saturated heterocycles. The molecule has 0 aromatic heterocycles. The molecule has 2 N–H and O–H groups in total. The number of carbonyl (C=O) groups is 2. The first-order valence-corrected chi connectivity index (χ1v) is 10.7. The van der Waals surface area contributed by atoms with E-state index in [-0.39, 0.29) is 22.1 Å². The minimum absolute atomic E-state index is 0.0458. The topological polar surface area (TPSA) is 87.1 Å². The van der Waals surface area contributed by atoms with Crippen molar-refractivity contribution < 1.29 is 24.5 Å². The molecule has 3 aromatic rings. The molecule has 33 heavy (non-hydrogen) atoms. The highest BCUT2D eigenvalue weighted by Gasteiger charge is 2.47. The van der Waals surface area contributed by atoms with Crippen LogP contribution >= 0.6 is 23.2 Å². The molecular formula is C25H19Cl2NO5. The van der Waals surface area contributed by atoms with E-state index in [0.29, 0.717) is 27.6 Å². The predicted octanol–water partition coefficient (Wildman–Crippen LogP) is 5.64. The highest BCUT2D eigenvalue weighted by Crippen LogP contribution is 2.44. The van der Waals surface area contributed by atoms with E-state index in [2.05, 4.69) is 0 Å². The number of rotatable bonds is 4. The molecule has 0 radical (unpaired) electrons. The van der Waals surface area contributed by atoms with Gasteiger partial charge in [0.2, 0.25) is 0 Å². The summed E-state index contributed by atoms with van der Waals surface area (Å²) in [6.45, 7) is 1.80. The lowest BCUT2D eigenvalue weighted by molar-refractivity contribution is -0.132. The maximum atomic E-state index is 13.2. The van der Waals surface area contributed by atoms with Gasteiger partial charge in [0, 0.05) is 16.3 Å². The zero-order valence-corrected chi connectivity index (χ0v) is 19.2. The summed E-state index contributed by atoms with van der Waals surface area (Å²) in [5.41, 5.74) is 1.81. The Kier molecular flexibility index (Phi) is 6.06. The second kappa shape index (κ2) is 8.81. The second-order valence-electron chi connectivity index (χ2n) is 7.54. The molecule has 1 atom stereocenters. The van der Waals surface area contributed by atoms with Crippen LogP contribution in [0.25, 0.3) is 5.76 Å². The molecule has 1 amide bonds. The average Bonchev–Trinajstić information content (AvgIpc) is 3.05. The monoisotopic (exact) mass is 483 g/mol. The Morgan fingerprint density at radius 3 is 2.42 bits per heavy atom. The zero-order chi connectivity index (χ0) is 23.9. The molecule has 4 rings (SSSR count). The Morgan fingerprint density at radius 1 is 1.03 bits per heavy atom. The van der Waals surface area contributed by atoms with Gasteiger partial charge in [0.15, 0.2) is 0 Å². The summed E-state index contributed by atoms with van der Waals surface area (Å²) in [4.78, 5) is 27.6. The standard InChI is InChI=1S/C25H19Cl2NO5/c1-13-10-15(7-9-20(13)33-2)23(30)21-22(14-6-8-19(29)18(27)11-14)28(25(32)24(21)31)17-5-3-4-16(26)12-17/h3-12,22,29-30H,1-2H3/b23-21-. The number of phenols is 1. The Morgan fingerprint density at radius 2 is 1.79 bits per heavy atom. The van der Waals surface area contributed by atoms with E-state index in [1.54, 1.807) is 55.5 Å². The fourth-order valence-electron chi connectivity index (χ4n) is 3.91. The number of ketones is 1. The maximum absolute atomic E-state index is 13.2. The van der Waals surface area contributed by atoms with Gasteiger partial charge in [-0.1, -0.05) is 35.3 Å². The van der Waals surface area contributed by atoms with Crippen molar-refractivity contribution in [3.05, 3.63) is 93.0 Å². The quantitative estimate of drug-likeness (QED) is 0.284. The van der Waals surface area contributed by atoms with Gasteiger partial charge in [-0.2, -0.15) is 0 Å². The lowest BCUT2D eigenvalue weighted by Crippen LogP contribution is -2.29. The highest BCUT2D eigenvalue weighted by molar-refractivity contribution is 6.52. The number of hydrogen-bond donors (Lipinski definition) is 2. The number of phenolic OH excluding ortho intramolecular Hbond substituents is 1. The third kappa shape index (κ3) is 4.03. The van der Waals surface area contributed by atoms with Crippen LogP contribution in [0.2, 0.25) is 10.0 Å². The lowest BCUT2D eigenvalue weighted by atomic mass is 9.94. The SMILES string of the molecule is COc1ccc(/C(O)=C2/C(=O)C(=O)N(c3cccc(Cl)c3)C2c2ccc(O)c(Cl)c2)cc1C. The maximum Gasteiger partial charge on any atom is 0.300 e. The van der Waals surface area contributed by atoms with E-state index >= 15 is 0 Å². The number of aliphatic hydroxyl groups is 1. The first-order valence-electron chi connectivity index (χ1n) is 9.93. The third-order valence-corrected chi connectivity index (χ3v) is 6.02. The van der Waals surface area contributed by atoms with Crippen LogP contribution in [0.5, 0.6) is 11.5 Å². The van der Waals surface area contributed by atoms with E-state index in [0.717, 1.165) is 5.56 Å². The Hall–Kier alpha value is -3.48. The summed E-state index contributed by atoms with van der Waals surface area (Å²) in [5.74, 6) is -1.54. The largest absolute Gasteiger partial charge is 0.507 e. The number of Topliss-reactive ketones (excluding diaryl/α,β-unsaturated/α-hetero) is 1. The molecule has 6 nitrogen and oxygen atoms in total. The molecule has 168 valence electrons. The molecule has 0 aliphatic carbocycles. The lowest BCUT2D eigenvalue weighted by Gasteiger charge is -2.26. The van der Waals surface area contributed by atoms with Crippen molar-refractivity contribution in [1.29, 1.82) is 0 Å². The molecule has 1 unspecified atom stereocenters. The molecule has 0 saturated carbocycles. The van der Waals surface area contributed by atoms with E-state index < -0.39 is 17.7 Å². The fraction of sp³-hybridized carbons (Fsp3) is 0.120. The van der Waals surface area contributed by atoms with Gasteiger partial charge in [-0.15, -0.1) is 0 Å². The molecular weight excluding hydrogens is 465 g/mol. The smallest absolute Gasteiger partial charge is 0.300 e. The van der Waals surface area contributed by atoms with Crippen LogP contribution in [0.1, 0.15) is 22.7 Å². The number of aliphatic hydroxyl groups excluding tert-OH is 1. The number of anilines is 1. The minimum atomic E-state index is -0.996. The van der Waals surface area contributed by atoms with Crippen LogP contribution in [0.3, 0.4) is 0 Å². The second-order valence-corrected chi connectivity index (χ2v) is 8.39. The van der Waals surface area contributed by atoms with Gasteiger partial charge >= 0.3 is 0 Å². The van der Waals surface area contributed by atoms with Crippen molar-refractivity contribution >= 4 is 46.3 Å². The number of amides is 1. The zero-order valence-electron chi connectivity index (χ0n) is 17.7. The summed E-state index contributed by atoms with van der Waals surface area (Å²) < 4.78 is 5.27. The predicted molar refractivity (Wildman–Crippen MR) is 127 cm³/mol. The third-order valence-electron chi connectivity index (χ3n) is 5.49. The van der Waals surface area contributed by atoms with Crippen LogP contribution in [-0.2, 0) is 9.59 Å². The van der Waals surface area contributed by atoms with Crippen LogP contribution < -0.4 is 9.64 Å². The molecule has 1 aliphatic rings. The average molecular weight is 484 g/mol. The number of halogens is 2.